The number of amides is 2. The fourth-order valence-electron chi connectivity index (χ4n) is 0.386. The summed E-state index contributed by atoms with van der Waals surface area (Å²) in [5.74, 6) is 0. The molecule has 0 radical (unpaired) electrons. The first kappa shape index (κ1) is 8.62. The van der Waals surface area contributed by atoms with Gasteiger partial charge in [0.1, 0.15) is 0 Å². The van der Waals surface area contributed by atoms with Gasteiger partial charge in [-0.1, -0.05) is 12.8 Å². The van der Waals surface area contributed by atoms with Crippen LogP contribution in [0.4, 0.5) is 4.79 Å². The van der Waals surface area contributed by atoms with Crippen LogP contribution in [0.5, 0.6) is 0 Å². The molecule has 9 heavy (non-hydrogen) atoms. The van der Waals surface area contributed by atoms with E-state index >= 15 is 0 Å². The average Bonchev–Trinajstić information content (AvgIpc) is 1.87. The van der Waals surface area contributed by atoms with E-state index in [1.165, 1.54) is 4.31 Å². The van der Waals surface area contributed by atoms with Gasteiger partial charge in [-0.05, 0) is 13.8 Å². The van der Waals surface area contributed by atoms with Crippen LogP contribution < -0.4 is 5.32 Å². The molecule has 0 bridgehead atoms. The molecule has 0 aliphatic rings. The van der Waals surface area contributed by atoms with Gasteiger partial charge in [0.25, 0.3) is 0 Å². The van der Waals surface area contributed by atoms with Gasteiger partial charge in [0, 0.05) is 13.1 Å². The highest BCUT2D eigenvalue weighted by atomic mass is 32.1. The van der Waals surface area contributed by atoms with Crippen molar-refractivity contribution in [2.45, 2.75) is 13.8 Å². The molecule has 0 saturated carbocycles. The quantitative estimate of drug-likeness (QED) is 0.560. The van der Waals surface area contributed by atoms with Gasteiger partial charge in [0.15, 0.2) is 0 Å². The second-order valence-electron chi connectivity index (χ2n) is 1.55. The summed E-state index contributed by atoms with van der Waals surface area (Å²) in [6, 6.07) is -0.136. The fourth-order valence-corrected chi connectivity index (χ4v) is 0.457. The molecule has 0 heterocycles. The van der Waals surface area contributed by atoms with E-state index in [0.29, 0.717) is 13.1 Å². The second kappa shape index (κ2) is 4.49. The Bertz CT molecular complexity index is 97.0. The van der Waals surface area contributed by atoms with Crippen molar-refractivity contribution in [2.24, 2.45) is 0 Å². The maximum atomic E-state index is 10.7. The Balaban J connectivity index is 3.46. The van der Waals surface area contributed by atoms with Gasteiger partial charge in [0.05, 0.1) is 0 Å². The second-order valence-corrected chi connectivity index (χ2v) is 2.03. The monoisotopic (exact) mass is 148 g/mol. The van der Waals surface area contributed by atoms with Crippen molar-refractivity contribution < 1.29 is 4.79 Å². The van der Waals surface area contributed by atoms with Crippen LogP contribution in [0, 0.1) is 0 Å². The first-order valence-corrected chi connectivity index (χ1v) is 3.36. The molecule has 0 unspecified atom stereocenters. The Morgan fingerprint density at radius 2 is 2.22 bits per heavy atom. The van der Waals surface area contributed by atoms with Crippen LogP contribution in [-0.4, -0.2) is 23.4 Å². The molecule has 0 atom stereocenters. The molecular formula is C5H12N2OS. The molecule has 0 aliphatic carbocycles. The Morgan fingerprint density at radius 1 is 1.67 bits per heavy atom. The number of carbonyl (C=O) groups is 1. The maximum absolute atomic E-state index is 10.7. The van der Waals surface area contributed by atoms with Crippen LogP contribution in [0.1, 0.15) is 13.8 Å². The number of hydrogen-bond donors (Lipinski definition) is 2. The lowest BCUT2D eigenvalue weighted by atomic mass is 10.7. The lowest BCUT2D eigenvalue weighted by molar-refractivity contribution is 0.228. The van der Waals surface area contributed by atoms with Crippen LogP contribution >= 0.6 is 12.8 Å². The molecule has 54 valence electrons. The highest BCUT2D eigenvalue weighted by molar-refractivity contribution is 7.78. The minimum Gasteiger partial charge on any atom is -0.338 e. The first-order chi connectivity index (χ1) is 4.22. The van der Waals surface area contributed by atoms with E-state index in [-0.39, 0.29) is 6.03 Å². The number of hydrogen-bond acceptors (Lipinski definition) is 2. The summed E-state index contributed by atoms with van der Waals surface area (Å²) in [4.78, 5) is 10.7. The number of nitrogens with one attached hydrogen (secondary N) is 1. The maximum Gasteiger partial charge on any atom is 0.327 e. The topological polar surface area (TPSA) is 32.3 Å². The normalized spacial score (nSPS) is 8.78. The molecule has 2 amide bonds. The van der Waals surface area contributed by atoms with Crippen molar-refractivity contribution in [3.8, 4) is 0 Å². The minimum absolute atomic E-state index is 0.136. The zero-order chi connectivity index (χ0) is 7.28. The van der Waals surface area contributed by atoms with Gasteiger partial charge in [-0.15, -0.1) is 0 Å². The molecule has 1 N–H and O–H groups in total. The van der Waals surface area contributed by atoms with E-state index in [4.69, 9.17) is 0 Å². The van der Waals surface area contributed by atoms with Gasteiger partial charge < -0.3 is 5.32 Å². The standard InChI is InChI=1S/C5H12N2OS/c1-3-6-5(8)7(9)4-2/h9H,3-4H2,1-2H3,(H,6,8). The zero-order valence-electron chi connectivity index (χ0n) is 5.72. The van der Waals surface area contributed by atoms with Crippen LogP contribution in [0.15, 0.2) is 0 Å². The van der Waals surface area contributed by atoms with E-state index in [1.807, 2.05) is 13.8 Å². The van der Waals surface area contributed by atoms with Crippen molar-refractivity contribution in [2.75, 3.05) is 13.1 Å². The molecule has 0 aromatic carbocycles. The van der Waals surface area contributed by atoms with Gasteiger partial charge in [-0.2, -0.15) is 0 Å². The number of rotatable bonds is 2. The number of carbonyl (C=O) groups excluding carboxylic acids is 1. The molecule has 0 aliphatic heterocycles. The highest BCUT2D eigenvalue weighted by Gasteiger charge is 2.02. The largest absolute Gasteiger partial charge is 0.338 e. The highest BCUT2D eigenvalue weighted by Crippen LogP contribution is 1.90. The molecular weight excluding hydrogens is 136 g/mol. The van der Waals surface area contributed by atoms with Crippen LogP contribution in [0.25, 0.3) is 0 Å². The summed E-state index contributed by atoms with van der Waals surface area (Å²) in [5.41, 5.74) is 0. The van der Waals surface area contributed by atoms with Crippen molar-refractivity contribution in [1.29, 1.82) is 0 Å². The van der Waals surface area contributed by atoms with Gasteiger partial charge in [-0.25, -0.2) is 4.79 Å². The van der Waals surface area contributed by atoms with Crippen LogP contribution in [-0.2, 0) is 0 Å². The average molecular weight is 148 g/mol. The molecule has 0 aromatic rings. The predicted octanol–water partition coefficient (Wildman–Crippen LogP) is 0.883. The lowest BCUT2D eigenvalue weighted by Gasteiger charge is -2.11. The molecule has 0 fully saturated rings. The Hall–Kier alpha value is -0.380. The van der Waals surface area contributed by atoms with E-state index in [0.717, 1.165) is 0 Å². The van der Waals surface area contributed by atoms with Crippen LogP contribution in [0.2, 0.25) is 0 Å². The Kier molecular flexibility index (Phi) is 4.30. The predicted molar refractivity (Wildman–Crippen MR) is 40.4 cm³/mol. The summed E-state index contributed by atoms with van der Waals surface area (Å²) in [5, 5.41) is 2.61. The lowest BCUT2D eigenvalue weighted by Crippen LogP contribution is -2.33. The van der Waals surface area contributed by atoms with Crippen molar-refractivity contribution in [1.82, 2.24) is 9.62 Å². The van der Waals surface area contributed by atoms with Crippen molar-refractivity contribution in [3.63, 3.8) is 0 Å². The first-order valence-electron chi connectivity index (χ1n) is 2.96. The van der Waals surface area contributed by atoms with E-state index < -0.39 is 0 Å². The van der Waals surface area contributed by atoms with E-state index in [1.54, 1.807) is 0 Å². The third-order valence-electron chi connectivity index (χ3n) is 0.862. The SMILES string of the molecule is CCNC(=O)N(S)CC. The summed E-state index contributed by atoms with van der Waals surface area (Å²) in [7, 11) is 0. The Morgan fingerprint density at radius 3 is 2.56 bits per heavy atom. The molecule has 3 nitrogen and oxygen atoms in total. The van der Waals surface area contributed by atoms with Gasteiger partial charge >= 0.3 is 6.03 Å². The van der Waals surface area contributed by atoms with E-state index in [2.05, 4.69) is 18.1 Å². The Labute approximate surface area is 61.0 Å². The molecule has 0 rings (SSSR count). The van der Waals surface area contributed by atoms with Crippen LogP contribution in [0.3, 0.4) is 0 Å². The third kappa shape index (κ3) is 3.24. The van der Waals surface area contributed by atoms with Gasteiger partial charge in [0.2, 0.25) is 0 Å². The third-order valence-corrected chi connectivity index (χ3v) is 1.33. The molecule has 0 saturated heterocycles. The summed E-state index contributed by atoms with van der Waals surface area (Å²) >= 11 is 3.88. The minimum atomic E-state index is -0.136. The molecule has 0 aromatic heterocycles. The smallest absolute Gasteiger partial charge is 0.327 e. The summed E-state index contributed by atoms with van der Waals surface area (Å²) < 4.78 is 1.32. The van der Waals surface area contributed by atoms with E-state index in [9.17, 15) is 4.79 Å². The summed E-state index contributed by atoms with van der Waals surface area (Å²) in [6.45, 7) is 5.00. The van der Waals surface area contributed by atoms with Crippen molar-refractivity contribution >= 4 is 18.8 Å². The number of thiol groups is 1. The molecule has 4 heteroatoms. The van der Waals surface area contributed by atoms with Gasteiger partial charge in [-0.3, -0.25) is 4.31 Å². The number of urea groups is 1. The summed E-state index contributed by atoms with van der Waals surface area (Å²) in [6.07, 6.45) is 0. The van der Waals surface area contributed by atoms with Crippen molar-refractivity contribution in [3.05, 3.63) is 0 Å². The zero-order valence-corrected chi connectivity index (χ0v) is 6.61. The molecule has 0 spiro atoms. The fraction of sp³-hybridized carbons (Fsp3) is 0.800. The number of nitrogens with zero attached hydrogens (tertiary/aromatic N) is 1.